The van der Waals surface area contributed by atoms with Crippen LogP contribution in [0.1, 0.15) is 25.5 Å². The third-order valence-electron chi connectivity index (χ3n) is 2.77. The molecule has 4 nitrogen and oxygen atoms in total. The molecule has 4 heteroatoms. The minimum absolute atomic E-state index is 0.384. The highest BCUT2D eigenvalue weighted by molar-refractivity contribution is 5.42. The number of aromatic nitrogens is 3. The summed E-state index contributed by atoms with van der Waals surface area (Å²) in [5, 5.41) is 7.43. The Morgan fingerprint density at radius 2 is 2.39 bits per heavy atom. The summed E-state index contributed by atoms with van der Waals surface area (Å²) >= 11 is 0. The molecule has 0 fully saturated rings. The zero-order valence-electron chi connectivity index (χ0n) is 10.8. The maximum absolute atomic E-state index is 4.27. The number of hydrogen-bond acceptors (Lipinski definition) is 3. The summed E-state index contributed by atoms with van der Waals surface area (Å²) in [6.07, 6.45) is 5.78. The number of nitrogens with zero attached hydrogens (tertiary/aromatic N) is 3. The van der Waals surface area contributed by atoms with Gasteiger partial charge in [0.15, 0.2) is 5.65 Å². The van der Waals surface area contributed by atoms with Crippen molar-refractivity contribution in [3.05, 3.63) is 30.2 Å². The highest BCUT2D eigenvalue weighted by Gasteiger charge is 2.03. The summed E-state index contributed by atoms with van der Waals surface area (Å²) in [7, 11) is 1.96. The first-order valence-electron chi connectivity index (χ1n) is 6.30. The van der Waals surface area contributed by atoms with E-state index in [-0.39, 0.29) is 0 Å². The van der Waals surface area contributed by atoms with Crippen molar-refractivity contribution in [3.8, 4) is 11.8 Å². The van der Waals surface area contributed by atoms with E-state index in [9.17, 15) is 0 Å². The summed E-state index contributed by atoms with van der Waals surface area (Å²) in [5.41, 5.74) is 1.69. The van der Waals surface area contributed by atoms with E-state index in [1.165, 1.54) is 0 Å². The van der Waals surface area contributed by atoms with Gasteiger partial charge in [0.25, 0.3) is 0 Å². The van der Waals surface area contributed by atoms with Gasteiger partial charge in [-0.3, -0.25) is 0 Å². The van der Waals surface area contributed by atoms with Crippen LogP contribution < -0.4 is 5.32 Å². The maximum atomic E-state index is 4.27. The van der Waals surface area contributed by atoms with Crippen molar-refractivity contribution < 1.29 is 0 Å². The molecular formula is C14H18N4. The van der Waals surface area contributed by atoms with Crippen molar-refractivity contribution in [2.75, 3.05) is 13.6 Å². The molecule has 1 N–H and O–H groups in total. The monoisotopic (exact) mass is 242 g/mol. The molecule has 18 heavy (non-hydrogen) atoms. The van der Waals surface area contributed by atoms with Gasteiger partial charge >= 0.3 is 0 Å². The molecule has 2 rings (SSSR count). The maximum Gasteiger partial charge on any atom is 0.154 e. The Bertz CT molecular complexity index is 556. The van der Waals surface area contributed by atoms with E-state index in [2.05, 4.69) is 34.2 Å². The van der Waals surface area contributed by atoms with E-state index in [0.717, 1.165) is 30.7 Å². The predicted molar refractivity (Wildman–Crippen MR) is 72.2 cm³/mol. The van der Waals surface area contributed by atoms with Gasteiger partial charge in [-0.2, -0.15) is 5.10 Å². The van der Waals surface area contributed by atoms with Crippen LogP contribution in [-0.4, -0.2) is 28.2 Å². The van der Waals surface area contributed by atoms with E-state index in [1.807, 2.05) is 19.2 Å². The smallest absolute Gasteiger partial charge is 0.154 e. The molecule has 0 spiro atoms. The van der Waals surface area contributed by atoms with Gasteiger partial charge in [0, 0.05) is 18.7 Å². The summed E-state index contributed by atoms with van der Waals surface area (Å²) in [4.78, 5) is 4.27. The molecule has 1 atom stereocenters. The van der Waals surface area contributed by atoms with Gasteiger partial charge in [0.2, 0.25) is 0 Å². The SMILES string of the molecule is CCCC(C#Cc1cnc2cccnn12)CNC. The van der Waals surface area contributed by atoms with Gasteiger partial charge in [-0.25, -0.2) is 9.50 Å². The van der Waals surface area contributed by atoms with Gasteiger partial charge in [-0.15, -0.1) is 0 Å². The standard InChI is InChI=1S/C14H18N4/c1-3-5-12(10-15-2)7-8-13-11-16-14-6-4-9-17-18(13)14/h4,6,9,11-12,15H,3,5,10H2,1-2H3. The fourth-order valence-corrected chi connectivity index (χ4v) is 1.91. The summed E-state index contributed by atoms with van der Waals surface area (Å²) in [6, 6.07) is 3.80. The first-order valence-corrected chi connectivity index (χ1v) is 6.30. The van der Waals surface area contributed by atoms with Crippen LogP contribution in [0.3, 0.4) is 0 Å². The predicted octanol–water partition coefficient (Wildman–Crippen LogP) is 1.72. The van der Waals surface area contributed by atoms with Crippen molar-refractivity contribution in [2.24, 2.45) is 5.92 Å². The van der Waals surface area contributed by atoms with Gasteiger partial charge in [-0.05, 0) is 31.5 Å². The fraction of sp³-hybridized carbons (Fsp3) is 0.429. The molecule has 0 aliphatic carbocycles. The lowest BCUT2D eigenvalue weighted by molar-refractivity contribution is 0.562. The van der Waals surface area contributed by atoms with Gasteiger partial charge in [0.1, 0.15) is 5.69 Å². The lowest BCUT2D eigenvalue weighted by atomic mass is 10.0. The normalized spacial score (nSPS) is 12.1. The zero-order valence-corrected chi connectivity index (χ0v) is 10.8. The molecule has 0 amide bonds. The molecule has 0 saturated heterocycles. The van der Waals surface area contributed by atoms with Crippen LogP contribution in [0.2, 0.25) is 0 Å². The van der Waals surface area contributed by atoms with Crippen molar-refractivity contribution in [3.63, 3.8) is 0 Å². The number of nitrogens with one attached hydrogen (secondary N) is 1. The van der Waals surface area contributed by atoms with Crippen molar-refractivity contribution in [2.45, 2.75) is 19.8 Å². The molecule has 1 unspecified atom stereocenters. The van der Waals surface area contributed by atoms with Crippen LogP contribution in [0.25, 0.3) is 5.65 Å². The first kappa shape index (κ1) is 12.6. The van der Waals surface area contributed by atoms with Gasteiger partial charge < -0.3 is 5.32 Å². The molecule has 0 radical (unpaired) electrons. The van der Waals surface area contributed by atoms with Crippen LogP contribution in [0, 0.1) is 17.8 Å². The summed E-state index contributed by atoms with van der Waals surface area (Å²) in [5.74, 6) is 6.87. The average molecular weight is 242 g/mol. The second-order valence-corrected chi connectivity index (χ2v) is 4.25. The second-order valence-electron chi connectivity index (χ2n) is 4.25. The lowest BCUT2D eigenvalue weighted by Gasteiger charge is -2.07. The molecule has 0 aliphatic heterocycles. The number of hydrogen-bond donors (Lipinski definition) is 1. The van der Waals surface area contributed by atoms with Crippen LogP contribution in [0.4, 0.5) is 0 Å². The molecular weight excluding hydrogens is 224 g/mol. The Morgan fingerprint density at radius 3 is 3.17 bits per heavy atom. The average Bonchev–Trinajstić information content (AvgIpc) is 2.80. The van der Waals surface area contributed by atoms with Crippen LogP contribution >= 0.6 is 0 Å². The molecule has 0 aliphatic rings. The largest absolute Gasteiger partial charge is 0.319 e. The Morgan fingerprint density at radius 1 is 1.50 bits per heavy atom. The molecule has 0 bridgehead atoms. The number of imidazole rings is 1. The third kappa shape index (κ3) is 2.88. The molecule has 2 heterocycles. The molecule has 94 valence electrons. The minimum atomic E-state index is 0.384. The van der Waals surface area contributed by atoms with Crippen LogP contribution in [0.5, 0.6) is 0 Å². The topological polar surface area (TPSA) is 42.2 Å². The zero-order chi connectivity index (χ0) is 12.8. The van der Waals surface area contributed by atoms with Crippen LogP contribution in [-0.2, 0) is 0 Å². The number of rotatable bonds is 4. The van der Waals surface area contributed by atoms with E-state index < -0.39 is 0 Å². The highest BCUT2D eigenvalue weighted by atomic mass is 15.2. The Hall–Kier alpha value is -1.86. The third-order valence-corrected chi connectivity index (χ3v) is 2.77. The van der Waals surface area contributed by atoms with Crippen molar-refractivity contribution in [1.82, 2.24) is 19.9 Å². The fourth-order valence-electron chi connectivity index (χ4n) is 1.91. The summed E-state index contributed by atoms with van der Waals surface area (Å²) < 4.78 is 1.77. The minimum Gasteiger partial charge on any atom is -0.319 e. The highest BCUT2D eigenvalue weighted by Crippen LogP contribution is 2.06. The Kier molecular flexibility index (Phi) is 4.32. The quantitative estimate of drug-likeness (QED) is 0.830. The van der Waals surface area contributed by atoms with Gasteiger partial charge in [-0.1, -0.05) is 19.3 Å². The lowest BCUT2D eigenvalue weighted by Crippen LogP contribution is -2.17. The van der Waals surface area contributed by atoms with E-state index >= 15 is 0 Å². The van der Waals surface area contributed by atoms with Gasteiger partial charge in [0.05, 0.1) is 6.20 Å². The summed E-state index contributed by atoms with van der Waals surface area (Å²) in [6.45, 7) is 3.10. The number of fused-ring (bicyclic) bond motifs is 1. The Labute approximate surface area is 107 Å². The molecule has 0 saturated carbocycles. The van der Waals surface area contributed by atoms with E-state index in [0.29, 0.717) is 5.92 Å². The molecule has 2 aromatic rings. The molecule has 0 aromatic carbocycles. The van der Waals surface area contributed by atoms with Crippen LogP contribution in [0.15, 0.2) is 24.5 Å². The first-order chi connectivity index (χ1) is 8.85. The van der Waals surface area contributed by atoms with E-state index in [1.54, 1.807) is 16.9 Å². The Balaban J connectivity index is 2.22. The van der Waals surface area contributed by atoms with Crippen molar-refractivity contribution in [1.29, 1.82) is 0 Å². The van der Waals surface area contributed by atoms with E-state index in [4.69, 9.17) is 0 Å². The van der Waals surface area contributed by atoms with Crippen molar-refractivity contribution >= 4 is 5.65 Å². The second kappa shape index (κ2) is 6.18. The molecule has 2 aromatic heterocycles.